The van der Waals surface area contributed by atoms with Crippen molar-refractivity contribution in [3.63, 3.8) is 0 Å². The van der Waals surface area contributed by atoms with Gasteiger partial charge in [-0.25, -0.2) is 0 Å². The van der Waals surface area contributed by atoms with Gasteiger partial charge in [-0.15, -0.1) is 0 Å². The second-order valence-corrected chi connectivity index (χ2v) is 6.74. The van der Waals surface area contributed by atoms with Gasteiger partial charge in [-0.2, -0.15) is 0 Å². The standard InChI is InChI=1S/C22H16ClNO/c23-17-12-9-16(10-13-17)22-18-6-2-4-8-20(18)24-19-7-3-1-5-15(19)11-14-21(24)25-22/h1-14,21-22H/t21-,22+/m0/s1. The predicted octanol–water partition coefficient (Wildman–Crippen LogP) is 5.95. The van der Waals surface area contributed by atoms with Crippen molar-refractivity contribution in [3.8, 4) is 0 Å². The normalized spacial score (nSPS) is 20.6. The average Bonchev–Trinajstić information content (AvgIpc) is 2.67. The lowest BCUT2D eigenvalue weighted by atomic mass is 9.95. The molecule has 0 fully saturated rings. The number of hydrogen-bond acceptors (Lipinski definition) is 2. The lowest BCUT2D eigenvalue weighted by Gasteiger charge is -2.43. The summed E-state index contributed by atoms with van der Waals surface area (Å²) >= 11 is 6.06. The number of rotatable bonds is 1. The van der Waals surface area contributed by atoms with E-state index in [1.54, 1.807) is 0 Å². The van der Waals surface area contributed by atoms with Gasteiger partial charge < -0.3 is 9.64 Å². The molecule has 0 aliphatic carbocycles. The van der Waals surface area contributed by atoms with E-state index in [2.05, 4.69) is 65.6 Å². The SMILES string of the molecule is Clc1ccc([C@H]2O[C@H]3C=Cc4ccccc4N3c3ccccc32)cc1. The Kier molecular flexibility index (Phi) is 3.40. The molecule has 2 aliphatic rings. The van der Waals surface area contributed by atoms with Gasteiger partial charge in [0.1, 0.15) is 6.10 Å². The molecule has 3 aromatic carbocycles. The molecule has 2 heterocycles. The molecule has 0 spiro atoms. The van der Waals surface area contributed by atoms with Crippen LogP contribution in [0.1, 0.15) is 22.8 Å². The van der Waals surface area contributed by atoms with Crippen LogP contribution in [0.2, 0.25) is 5.02 Å². The van der Waals surface area contributed by atoms with Crippen LogP contribution in [0.4, 0.5) is 11.4 Å². The first-order valence-electron chi connectivity index (χ1n) is 8.37. The summed E-state index contributed by atoms with van der Waals surface area (Å²) in [5.74, 6) is 0. The molecule has 0 saturated heterocycles. The van der Waals surface area contributed by atoms with Gasteiger partial charge >= 0.3 is 0 Å². The summed E-state index contributed by atoms with van der Waals surface area (Å²) in [6.45, 7) is 0. The lowest BCUT2D eigenvalue weighted by molar-refractivity contribution is 0.0302. The van der Waals surface area contributed by atoms with Gasteiger partial charge in [0.15, 0.2) is 6.23 Å². The van der Waals surface area contributed by atoms with Crippen LogP contribution in [-0.2, 0) is 4.74 Å². The van der Waals surface area contributed by atoms with Crippen LogP contribution in [0, 0.1) is 0 Å². The van der Waals surface area contributed by atoms with E-state index in [4.69, 9.17) is 16.3 Å². The van der Waals surface area contributed by atoms with E-state index < -0.39 is 0 Å². The average molecular weight is 346 g/mol. The molecular formula is C22H16ClNO. The molecule has 0 N–H and O–H groups in total. The summed E-state index contributed by atoms with van der Waals surface area (Å²) in [5.41, 5.74) is 5.87. The Bertz CT molecular complexity index is 964. The molecule has 122 valence electrons. The van der Waals surface area contributed by atoms with Crippen LogP contribution in [0.5, 0.6) is 0 Å². The Labute approximate surface area is 151 Å². The van der Waals surface area contributed by atoms with Crippen molar-refractivity contribution in [3.05, 3.63) is 101 Å². The fourth-order valence-electron chi connectivity index (χ4n) is 3.67. The second-order valence-electron chi connectivity index (χ2n) is 6.30. The lowest BCUT2D eigenvalue weighted by Crippen LogP contribution is -2.40. The van der Waals surface area contributed by atoms with Gasteiger partial charge in [-0.1, -0.05) is 66.2 Å². The summed E-state index contributed by atoms with van der Waals surface area (Å²) in [4.78, 5) is 2.27. The fourth-order valence-corrected chi connectivity index (χ4v) is 3.79. The highest BCUT2D eigenvalue weighted by molar-refractivity contribution is 6.30. The van der Waals surface area contributed by atoms with Crippen LogP contribution < -0.4 is 4.90 Å². The second kappa shape index (κ2) is 5.76. The third-order valence-corrected chi connectivity index (χ3v) is 5.07. The Morgan fingerprint density at radius 2 is 1.52 bits per heavy atom. The largest absolute Gasteiger partial charge is 0.342 e. The van der Waals surface area contributed by atoms with E-state index >= 15 is 0 Å². The van der Waals surface area contributed by atoms with E-state index in [-0.39, 0.29) is 12.3 Å². The zero-order chi connectivity index (χ0) is 16.8. The van der Waals surface area contributed by atoms with E-state index in [0.29, 0.717) is 0 Å². The molecule has 0 bridgehead atoms. The molecule has 0 unspecified atom stereocenters. The van der Waals surface area contributed by atoms with E-state index in [1.807, 2.05) is 24.3 Å². The molecule has 25 heavy (non-hydrogen) atoms. The van der Waals surface area contributed by atoms with Crippen molar-refractivity contribution in [1.82, 2.24) is 0 Å². The highest BCUT2D eigenvalue weighted by atomic mass is 35.5. The first kappa shape index (κ1) is 14.8. The van der Waals surface area contributed by atoms with Crippen molar-refractivity contribution in [2.45, 2.75) is 12.3 Å². The Hall–Kier alpha value is -2.55. The zero-order valence-corrected chi connectivity index (χ0v) is 14.2. The third kappa shape index (κ3) is 2.38. The number of para-hydroxylation sites is 2. The minimum Gasteiger partial charge on any atom is -0.342 e. The van der Waals surface area contributed by atoms with Crippen molar-refractivity contribution < 1.29 is 4.74 Å². The number of hydrogen-bond donors (Lipinski definition) is 0. The summed E-state index contributed by atoms with van der Waals surface area (Å²) in [6.07, 6.45) is 4.04. The Morgan fingerprint density at radius 1 is 0.800 bits per heavy atom. The van der Waals surface area contributed by atoms with Gasteiger partial charge in [0, 0.05) is 10.6 Å². The number of nitrogens with zero attached hydrogens (tertiary/aromatic N) is 1. The Balaban J connectivity index is 1.67. The molecule has 0 radical (unpaired) electrons. The van der Waals surface area contributed by atoms with Gasteiger partial charge in [0.05, 0.1) is 11.4 Å². The van der Waals surface area contributed by atoms with Crippen molar-refractivity contribution >= 4 is 29.1 Å². The first-order chi connectivity index (χ1) is 12.3. The highest BCUT2D eigenvalue weighted by Crippen LogP contribution is 2.46. The number of benzene rings is 3. The topological polar surface area (TPSA) is 12.5 Å². The minimum atomic E-state index is -0.120. The van der Waals surface area contributed by atoms with Crippen LogP contribution in [0.3, 0.4) is 0 Å². The fraction of sp³-hybridized carbons (Fsp3) is 0.0909. The minimum absolute atomic E-state index is 0.107. The van der Waals surface area contributed by atoms with Crippen LogP contribution in [-0.4, -0.2) is 6.23 Å². The number of anilines is 2. The molecule has 0 amide bonds. The van der Waals surface area contributed by atoms with E-state index in [9.17, 15) is 0 Å². The summed E-state index contributed by atoms with van der Waals surface area (Å²) in [7, 11) is 0. The van der Waals surface area contributed by atoms with Gasteiger partial charge in [-0.3, -0.25) is 0 Å². The molecule has 2 aliphatic heterocycles. The third-order valence-electron chi connectivity index (χ3n) is 4.82. The van der Waals surface area contributed by atoms with Gasteiger partial charge in [0.25, 0.3) is 0 Å². The quantitative estimate of drug-likeness (QED) is 0.540. The molecule has 3 heteroatoms. The van der Waals surface area contributed by atoms with Crippen molar-refractivity contribution in [1.29, 1.82) is 0 Å². The van der Waals surface area contributed by atoms with Crippen LogP contribution in [0.15, 0.2) is 78.9 Å². The van der Waals surface area contributed by atoms with Crippen molar-refractivity contribution in [2.24, 2.45) is 0 Å². The van der Waals surface area contributed by atoms with Gasteiger partial charge in [0.2, 0.25) is 0 Å². The molecule has 2 nitrogen and oxygen atoms in total. The first-order valence-corrected chi connectivity index (χ1v) is 8.75. The molecular weight excluding hydrogens is 330 g/mol. The van der Waals surface area contributed by atoms with Gasteiger partial charge in [-0.05, 0) is 41.5 Å². The molecule has 0 saturated carbocycles. The number of ether oxygens (including phenoxy) is 1. The molecule has 3 aromatic rings. The summed E-state index contributed by atoms with van der Waals surface area (Å²) in [5, 5.41) is 0.737. The van der Waals surface area contributed by atoms with Crippen LogP contribution >= 0.6 is 11.6 Å². The van der Waals surface area contributed by atoms with E-state index in [0.717, 1.165) is 10.6 Å². The maximum atomic E-state index is 6.50. The maximum Gasteiger partial charge on any atom is 0.155 e. The Morgan fingerprint density at radius 3 is 2.36 bits per heavy atom. The summed E-state index contributed by atoms with van der Waals surface area (Å²) < 4.78 is 6.50. The molecule has 5 rings (SSSR count). The smallest absolute Gasteiger partial charge is 0.155 e. The highest BCUT2D eigenvalue weighted by Gasteiger charge is 2.35. The number of halogens is 1. The van der Waals surface area contributed by atoms with Crippen LogP contribution in [0.25, 0.3) is 6.08 Å². The zero-order valence-electron chi connectivity index (χ0n) is 13.5. The maximum absolute atomic E-state index is 6.50. The summed E-state index contributed by atoms with van der Waals surface area (Å²) in [6, 6.07) is 24.8. The number of fused-ring (bicyclic) bond motifs is 5. The predicted molar refractivity (Wildman–Crippen MR) is 102 cm³/mol. The van der Waals surface area contributed by atoms with E-state index in [1.165, 1.54) is 22.5 Å². The molecule has 2 atom stereocenters. The molecule has 0 aromatic heterocycles. The monoisotopic (exact) mass is 345 g/mol. The van der Waals surface area contributed by atoms with Crippen molar-refractivity contribution in [2.75, 3.05) is 4.90 Å².